The molecule has 0 saturated carbocycles. The number of aryl methyl sites for hydroxylation is 3. The zero-order valence-corrected chi connectivity index (χ0v) is 20.3. The number of carbonyl (C=O) groups is 4. The minimum absolute atomic E-state index is 0.0471. The lowest BCUT2D eigenvalue weighted by Gasteiger charge is -2.27. The van der Waals surface area contributed by atoms with Crippen molar-refractivity contribution in [2.24, 2.45) is 17.8 Å². The minimum atomic E-state index is -1.08. The molecule has 3 rings (SSSR count). The van der Waals surface area contributed by atoms with Crippen molar-refractivity contribution < 1.29 is 23.9 Å². The summed E-state index contributed by atoms with van der Waals surface area (Å²) in [4.78, 5) is 53.1. The maximum Gasteiger partial charge on any atom is 0.330 e. The Bertz CT molecular complexity index is 947. The van der Waals surface area contributed by atoms with Crippen LogP contribution in [0.1, 0.15) is 56.7 Å². The summed E-state index contributed by atoms with van der Waals surface area (Å²) in [6.07, 6.45) is 4.03. The SMILES string of the molecule is Cc1cc(C)c(NC(=O)C(C)OC(=O)C(CC(C)C)N2C(=O)C3CC=CCC3C2=O)c(C)c1. The second-order valence-electron chi connectivity index (χ2n) is 9.69. The van der Waals surface area contributed by atoms with Crippen LogP contribution in [0, 0.1) is 38.5 Å². The average molecular weight is 455 g/mol. The fraction of sp³-hybridized carbons (Fsp3) is 0.538. The molecule has 33 heavy (non-hydrogen) atoms. The van der Waals surface area contributed by atoms with Crippen LogP contribution >= 0.6 is 0 Å². The van der Waals surface area contributed by atoms with Gasteiger partial charge in [-0.25, -0.2) is 4.79 Å². The fourth-order valence-corrected chi connectivity index (χ4v) is 4.80. The second kappa shape index (κ2) is 9.89. The number of carbonyl (C=O) groups excluding carboxylic acids is 4. The molecule has 4 unspecified atom stereocenters. The first-order valence-electron chi connectivity index (χ1n) is 11.6. The molecule has 178 valence electrons. The summed E-state index contributed by atoms with van der Waals surface area (Å²) < 4.78 is 5.50. The molecular formula is C26H34N2O5. The van der Waals surface area contributed by atoms with Gasteiger partial charge in [0.2, 0.25) is 11.8 Å². The largest absolute Gasteiger partial charge is 0.451 e. The molecule has 4 atom stereocenters. The Kier molecular flexibility index (Phi) is 7.40. The number of likely N-dealkylation sites (tertiary alicyclic amines) is 1. The molecule has 1 N–H and O–H groups in total. The van der Waals surface area contributed by atoms with Gasteiger partial charge in [0.1, 0.15) is 6.04 Å². The summed E-state index contributed by atoms with van der Waals surface area (Å²) in [5.41, 5.74) is 3.62. The number of rotatable bonds is 7. The first kappa shape index (κ1) is 24.7. The summed E-state index contributed by atoms with van der Waals surface area (Å²) in [5.74, 6) is -2.61. The normalized spacial score (nSPS) is 21.7. The molecule has 1 saturated heterocycles. The van der Waals surface area contributed by atoms with Crippen LogP contribution in [0.4, 0.5) is 5.69 Å². The van der Waals surface area contributed by atoms with Crippen molar-refractivity contribution in [1.82, 2.24) is 4.90 Å². The molecule has 1 aromatic carbocycles. The molecule has 0 radical (unpaired) electrons. The Hall–Kier alpha value is -2.96. The third kappa shape index (κ3) is 5.18. The van der Waals surface area contributed by atoms with Gasteiger partial charge < -0.3 is 10.1 Å². The smallest absolute Gasteiger partial charge is 0.330 e. The van der Waals surface area contributed by atoms with Crippen molar-refractivity contribution in [2.45, 2.75) is 73.0 Å². The quantitative estimate of drug-likeness (QED) is 0.384. The number of amides is 3. The van der Waals surface area contributed by atoms with E-state index in [9.17, 15) is 19.2 Å². The van der Waals surface area contributed by atoms with Gasteiger partial charge in [-0.2, -0.15) is 0 Å². The lowest BCUT2D eigenvalue weighted by Crippen LogP contribution is -2.48. The van der Waals surface area contributed by atoms with Gasteiger partial charge in [-0.15, -0.1) is 0 Å². The molecule has 1 aliphatic carbocycles. The first-order valence-corrected chi connectivity index (χ1v) is 11.6. The van der Waals surface area contributed by atoms with Crippen LogP contribution < -0.4 is 5.32 Å². The van der Waals surface area contributed by atoms with E-state index < -0.39 is 35.9 Å². The monoisotopic (exact) mass is 454 g/mol. The Morgan fingerprint density at radius 2 is 1.52 bits per heavy atom. The number of hydrogen-bond acceptors (Lipinski definition) is 5. The summed E-state index contributed by atoms with van der Waals surface area (Å²) >= 11 is 0. The van der Waals surface area contributed by atoms with E-state index in [1.54, 1.807) is 0 Å². The first-order chi connectivity index (χ1) is 15.5. The average Bonchev–Trinajstić information content (AvgIpc) is 2.99. The standard InChI is InChI=1S/C26H34N2O5/c1-14(2)11-21(28-24(30)19-9-7-8-10-20(19)25(28)31)26(32)33-18(6)23(29)27-22-16(4)12-15(3)13-17(22)5/h7-8,12-14,18-21H,9-11H2,1-6H3,(H,27,29). The summed E-state index contributed by atoms with van der Waals surface area (Å²) in [7, 11) is 0. The Morgan fingerprint density at radius 1 is 1.00 bits per heavy atom. The van der Waals surface area contributed by atoms with Gasteiger partial charge in [0.15, 0.2) is 6.10 Å². The van der Waals surface area contributed by atoms with E-state index >= 15 is 0 Å². The van der Waals surface area contributed by atoms with Crippen molar-refractivity contribution in [1.29, 1.82) is 0 Å². The third-order valence-corrected chi connectivity index (χ3v) is 6.41. The van der Waals surface area contributed by atoms with Gasteiger partial charge in [-0.05, 0) is 64.0 Å². The van der Waals surface area contributed by atoms with Crippen LogP contribution in [-0.2, 0) is 23.9 Å². The van der Waals surface area contributed by atoms with Gasteiger partial charge in [-0.3, -0.25) is 19.3 Å². The molecule has 1 fully saturated rings. The van der Waals surface area contributed by atoms with Gasteiger partial charge in [0, 0.05) is 5.69 Å². The van der Waals surface area contributed by atoms with E-state index in [1.807, 2.05) is 58.9 Å². The molecule has 1 aliphatic heterocycles. The van der Waals surface area contributed by atoms with E-state index in [4.69, 9.17) is 4.74 Å². The Labute approximate surface area is 195 Å². The molecule has 7 heteroatoms. The van der Waals surface area contributed by atoms with Gasteiger partial charge in [0.05, 0.1) is 11.8 Å². The highest BCUT2D eigenvalue weighted by molar-refractivity contribution is 6.08. The van der Waals surface area contributed by atoms with E-state index in [0.717, 1.165) is 21.6 Å². The van der Waals surface area contributed by atoms with E-state index in [1.165, 1.54) is 6.92 Å². The van der Waals surface area contributed by atoms with Crippen molar-refractivity contribution in [3.63, 3.8) is 0 Å². The lowest BCUT2D eigenvalue weighted by molar-refractivity contribution is -0.164. The number of nitrogens with zero attached hydrogens (tertiary/aromatic N) is 1. The summed E-state index contributed by atoms with van der Waals surface area (Å²) in [6.45, 7) is 11.1. The van der Waals surface area contributed by atoms with Crippen molar-refractivity contribution in [3.05, 3.63) is 41.0 Å². The van der Waals surface area contributed by atoms with E-state index in [0.29, 0.717) is 18.5 Å². The zero-order valence-electron chi connectivity index (χ0n) is 20.3. The predicted octanol–water partition coefficient (Wildman–Crippen LogP) is 3.85. The zero-order chi connectivity index (χ0) is 24.4. The fourth-order valence-electron chi connectivity index (χ4n) is 4.80. The van der Waals surface area contributed by atoms with Gasteiger partial charge in [-0.1, -0.05) is 43.7 Å². The number of fused-ring (bicyclic) bond motifs is 1. The van der Waals surface area contributed by atoms with Crippen molar-refractivity contribution >= 4 is 29.4 Å². The summed E-state index contributed by atoms with van der Waals surface area (Å²) in [6, 6.07) is 2.90. The van der Waals surface area contributed by atoms with Crippen LogP contribution in [0.5, 0.6) is 0 Å². The van der Waals surface area contributed by atoms with Crippen molar-refractivity contribution in [2.75, 3.05) is 5.32 Å². The second-order valence-corrected chi connectivity index (χ2v) is 9.69. The maximum atomic E-state index is 13.1. The Balaban J connectivity index is 1.74. The summed E-state index contributed by atoms with van der Waals surface area (Å²) in [5, 5.41) is 2.85. The number of anilines is 1. The number of benzene rings is 1. The van der Waals surface area contributed by atoms with Gasteiger partial charge >= 0.3 is 5.97 Å². The molecule has 3 amide bonds. The van der Waals surface area contributed by atoms with Gasteiger partial charge in [0.25, 0.3) is 5.91 Å². The number of esters is 1. The minimum Gasteiger partial charge on any atom is -0.451 e. The lowest BCUT2D eigenvalue weighted by atomic mass is 9.85. The third-order valence-electron chi connectivity index (χ3n) is 6.41. The highest BCUT2D eigenvalue weighted by Gasteiger charge is 2.51. The van der Waals surface area contributed by atoms with E-state index in [2.05, 4.69) is 5.32 Å². The van der Waals surface area contributed by atoms with E-state index in [-0.39, 0.29) is 24.2 Å². The Morgan fingerprint density at radius 3 is 2.00 bits per heavy atom. The van der Waals surface area contributed by atoms with Crippen LogP contribution in [0.25, 0.3) is 0 Å². The van der Waals surface area contributed by atoms with Crippen LogP contribution in [-0.4, -0.2) is 40.7 Å². The number of nitrogens with one attached hydrogen (secondary N) is 1. The molecule has 1 heterocycles. The van der Waals surface area contributed by atoms with Crippen molar-refractivity contribution in [3.8, 4) is 0 Å². The predicted molar refractivity (Wildman–Crippen MR) is 125 cm³/mol. The number of allylic oxidation sites excluding steroid dienone is 2. The molecule has 2 aliphatic rings. The highest BCUT2D eigenvalue weighted by Crippen LogP contribution is 2.37. The molecular weight excluding hydrogens is 420 g/mol. The van der Waals surface area contributed by atoms with Crippen LogP contribution in [0.15, 0.2) is 24.3 Å². The number of ether oxygens (including phenoxy) is 1. The number of hydrogen-bond donors (Lipinski definition) is 1. The topological polar surface area (TPSA) is 92.8 Å². The maximum absolute atomic E-state index is 13.1. The molecule has 1 aromatic rings. The van der Waals surface area contributed by atoms with Crippen LogP contribution in [0.2, 0.25) is 0 Å². The molecule has 0 bridgehead atoms. The molecule has 7 nitrogen and oxygen atoms in total. The number of imide groups is 1. The van der Waals surface area contributed by atoms with Crippen LogP contribution in [0.3, 0.4) is 0 Å². The molecule has 0 spiro atoms. The molecule has 0 aromatic heterocycles. The highest BCUT2D eigenvalue weighted by atomic mass is 16.5.